The molecule has 0 saturated heterocycles. The first-order valence-electron chi connectivity index (χ1n) is 8.79. The summed E-state index contributed by atoms with van der Waals surface area (Å²) in [6.07, 6.45) is 1.04. The van der Waals surface area contributed by atoms with Gasteiger partial charge in [-0.25, -0.2) is 4.79 Å². The Labute approximate surface area is 161 Å². The third kappa shape index (κ3) is 3.09. The van der Waals surface area contributed by atoms with Crippen LogP contribution in [0.15, 0.2) is 66.7 Å². The summed E-state index contributed by atoms with van der Waals surface area (Å²) >= 11 is 0. The number of aromatic hydroxyl groups is 3. The van der Waals surface area contributed by atoms with Crippen molar-refractivity contribution < 1.29 is 29.6 Å². The second kappa shape index (κ2) is 6.81. The number of carbonyl (C=O) groups is 1. The molecule has 28 heavy (non-hydrogen) atoms. The number of benzene rings is 3. The van der Waals surface area contributed by atoms with Crippen LogP contribution in [0, 0.1) is 0 Å². The fraction of sp³-hybridized carbons (Fsp3) is 0.136. The Morgan fingerprint density at radius 1 is 0.929 bits per heavy atom. The van der Waals surface area contributed by atoms with Gasteiger partial charge in [0.15, 0.2) is 17.2 Å². The molecule has 3 aromatic rings. The highest BCUT2D eigenvalue weighted by molar-refractivity contribution is 5.91. The quantitative estimate of drug-likeness (QED) is 0.473. The molecule has 0 aromatic heterocycles. The molecule has 6 nitrogen and oxygen atoms in total. The van der Waals surface area contributed by atoms with Crippen LogP contribution in [0.4, 0.5) is 0 Å². The van der Waals surface area contributed by atoms with E-state index >= 15 is 0 Å². The van der Waals surface area contributed by atoms with E-state index in [2.05, 4.69) is 0 Å². The van der Waals surface area contributed by atoms with Gasteiger partial charge in [0.05, 0.1) is 5.56 Å². The first-order chi connectivity index (χ1) is 13.5. The van der Waals surface area contributed by atoms with Crippen LogP contribution in [0.3, 0.4) is 0 Å². The van der Waals surface area contributed by atoms with Crippen molar-refractivity contribution in [2.75, 3.05) is 0 Å². The zero-order chi connectivity index (χ0) is 19.7. The van der Waals surface area contributed by atoms with E-state index in [0.29, 0.717) is 24.2 Å². The van der Waals surface area contributed by atoms with E-state index in [1.165, 1.54) is 0 Å². The number of para-hydroxylation sites is 1. The number of esters is 1. The minimum Gasteiger partial charge on any atom is -0.504 e. The van der Waals surface area contributed by atoms with E-state index in [0.717, 1.165) is 17.7 Å². The molecule has 3 aromatic carbocycles. The van der Waals surface area contributed by atoms with Gasteiger partial charge in [-0.2, -0.15) is 0 Å². The molecule has 1 aliphatic rings. The number of fused-ring (bicyclic) bond motifs is 1. The average molecular weight is 378 g/mol. The van der Waals surface area contributed by atoms with Crippen LogP contribution in [0.1, 0.15) is 27.9 Å². The Hall–Kier alpha value is -3.67. The summed E-state index contributed by atoms with van der Waals surface area (Å²) in [5, 5.41) is 28.9. The molecule has 0 fully saturated rings. The molecule has 6 heteroatoms. The van der Waals surface area contributed by atoms with Gasteiger partial charge < -0.3 is 24.8 Å². The molecule has 3 N–H and O–H groups in total. The molecular formula is C22H18O6. The summed E-state index contributed by atoms with van der Waals surface area (Å²) in [5.74, 6) is -3.45. The van der Waals surface area contributed by atoms with Crippen LogP contribution >= 0.6 is 0 Å². The lowest BCUT2D eigenvalue weighted by Crippen LogP contribution is -2.41. The van der Waals surface area contributed by atoms with E-state index in [1.54, 1.807) is 0 Å². The van der Waals surface area contributed by atoms with Gasteiger partial charge in [-0.15, -0.1) is 0 Å². The second-order valence-electron chi connectivity index (χ2n) is 6.58. The summed E-state index contributed by atoms with van der Waals surface area (Å²) in [5.41, 5.74) is 1.58. The van der Waals surface area contributed by atoms with Crippen LogP contribution in [0.5, 0.6) is 23.0 Å². The highest BCUT2D eigenvalue weighted by atomic mass is 16.7. The molecule has 1 heterocycles. The zero-order valence-corrected chi connectivity index (χ0v) is 14.8. The van der Waals surface area contributed by atoms with Gasteiger partial charge in [0.2, 0.25) is 0 Å². The summed E-state index contributed by atoms with van der Waals surface area (Å²) in [7, 11) is 0. The summed E-state index contributed by atoms with van der Waals surface area (Å²) < 4.78 is 12.0. The minimum absolute atomic E-state index is 0.106. The van der Waals surface area contributed by atoms with Gasteiger partial charge in [-0.05, 0) is 30.2 Å². The molecule has 0 saturated carbocycles. The van der Waals surface area contributed by atoms with Crippen LogP contribution in [0.2, 0.25) is 0 Å². The SMILES string of the molecule is O=C(OC1(c2ccccc2)CCc2ccccc2O1)c1cc(O)c(O)c(O)c1. The van der Waals surface area contributed by atoms with E-state index in [-0.39, 0.29) is 5.56 Å². The van der Waals surface area contributed by atoms with Crippen LogP contribution in [0.25, 0.3) is 0 Å². The number of rotatable bonds is 3. The van der Waals surface area contributed by atoms with E-state index < -0.39 is 29.0 Å². The number of hydrogen-bond acceptors (Lipinski definition) is 6. The first kappa shape index (κ1) is 17.7. The predicted molar refractivity (Wildman–Crippen MR) is 100 cm³/mol. The second-order valence-corrected chi connectivity index (χ2v) is 6.58. The van der Waals surface area contributed by atoms with Crippen LogP contribution in [-0.2, 0) is 16.9 Å². The number of ether oxygens (including phenoxy) is 2. The lowest BCUT2D eigenvalue weighted by atomic mass is 9.94. The standard InChI is InChI=1S/C22H18O6/c23-17-12-15(13-18(24)20(17)25)21(26)28-22(16-7-2-1-3-8-16)11-10-14-6-4-5-9-19(14)27-22/h1-9,12-13,23-25H,10-11H2. The predicted octanol–water partition coefficient (Wildman–Crippen LogP) is 3.84. The Bertz CT molecular complexity index is 1010. The van der Waals surface area contributed by atoms with Crippen molar-refractivity contribution in [3.05, 3.63) is 83.4 Å². The molecule has 4 rings (SSSR count). The summed E-state index contributed by atoms with van der Waals surface area (Å²) in [6, 6.07) is 18.7. The molecule has 1 unspecified atom stereocenters. The van der Waals surface area contributed by atoms with E-state index in [1.807, 2.05) is 54.6 Å². The first-order valence-corrected chi connectivity index (χ1v) is 8.79. The monoisotopic (exact) mass is 378 g/mol. The number of phenols is 3. The third-order valence-corrected chi connectivity index (χ3v) is 4.75. The molecular weight excluding hydrogens is 360 g/mol. The van der Waals surface area contributed by atoms with Gasteiger partial charge in [0.25, 0.3) is 5.79 Å². The van der Waals surface area contributed by atoms with Crippen molar-refractivity contribution in [1.29, 1.82) is 0 Å². The molecule has 1 atom stereocenters. The molecule has 0 bridgehead atoms. The molecule has 0 aliphatic carbocycles. The van der Waals surface area contributed by atoms with Gasteiger partial charge in [0, 0.05) is 12.0 Å². The summed E-state index contributed by atoms with van der Waals surface area (Å²) in [6.45, 7) is 0. The lowest BCUT2D eigenvalue weighted by Gasteiger charge is -2.38. The molecule has 0 amide bonds. The average Bonchev–Trinajstić information content (AvgIpc) is 2.72. The number of phenolic OH excluding ortho intramolecular Hbond substituents is 3. The van der Waals surface area contributed by atoms with E-state index in [9.17, 15) is 20.1 Å². The highest BCUT2D eigenvalue weighted by Gasteiger charge is 2.42. The Balaban J connectivity index is 1.73. The maximum absolute atomic E-state index is 12.8. The van der Waals surface area contributed by atoms with Gasteiger partial charge in [-0.1, -0.05) is 48.5 Å². The van der Waals surface area contributed by atoms with E-state index in [4.69, 9.17) is 9.47 Å². The topological polar surface area (TPSA) is 96.2 Å². The Kier molecular flexibility index (Phi) is 4.31. The maximum Gasteiger partial charge on any atom is 0.341 e. The van der Waals surface area contributed by atoms with Crippen LogP contribution in [-0.4, -0.2) is 21.3 Å². The van der Waals surface area contributed by atoms with Gasteiger partial charge in [-0.3, -0.25) is 0 Å². The zero-order valence-electron chi connectivity index (χ0n) is 14.8. The fourth-order valence-corrected chi connectivity index (χ4v) is 3.29. The highest BCUT2D eigenvalue weighted by Crippen LogP contribution is 2.42. The Morgan fingerprint density at radius 2 is 1.57 bits per heavy atom. The molecule has 1 aliphatic heterocycles. The largest absolute Gasteiger partial charge is 0.504 e. The fourth-order valence-electron chi connectivity index (χ4n) is 3.29. The number of carbonyl (C=O) groups excluding carboxylic acids is 1. The van der Waals surface area contributed by atoms with Gasteiger partial charge in [0.1, 0.15) is 5.75 Å². The van der Waals surface area contributed by atoms with Crippen LogP contribution < -0.4 is 4.74 Å². The molecule has 142 valence electrons. The smallest absolute Gasteiger partial charge is 0.341 e. The third-order valence-electron chi connectivity index (χ3n) is 4.75. The lowest BCUT2D eigenvalue weighted by molar-refractivity contribution is -0.164. The van der Waals surface area contributed by atoms with Crippen molar-refractivity contribution in [2.45, 2.75) is 18.6 Å². The van der Waals surface area contributed by atoms with Crippen molar-refractivity contribution in [2.24, 2.45) is 0 Å². The minimum atomic E-state index is -1.35. The normalized spacial score (nSPS) is 18.0. The summed E-state index contributed by atoms with van der Waals surface area (Å²) in [4.78, 5) is 12.8. The van der Waals surface area contributed by atoms with Crippen molar-refractivity contribution in [3.8, 4) is 23.0 Å². The molecule has 0 radical (unpaired) electrons. The molecule has 0 spiro atoms. The van der Waals surface area contributed by atoms with Crippen molar-refractivity contribution >= 4 is 5.97 Å². The van der Waals surface area contributed by atoms with Crippen molar-refractivity contribution in [3.63, 3.8) is 0 Å². The van der Waals surface area contributed by atoms with Gasteiger partial charge >= 0.3 is 5.97 Å². The number of aryl methyl sites for hydroxylation is 1. The van der Waals surface area contributed by atoms with Crippen molar-refractivity contribution in [1.82, 2.24) is 0 Å². The number of hydrogen-bond donors (Lipinski definition) is 3. The maximum atomic E-state index is 12.8. The Morgan fingerprint density at radius 3 is 2.29 bits per heavy atom.